The van der Waals surface area contributed by atoms with Crippen LogP contribution in [0.5, 0.6) is 0 Å². The van der Waals surface area contributed by atoms with Gasteiger partial charge in [-0.15, -0.1) is 0 Å². The first-order valence-corrected chi connectivity index (χ1v) is 10.1. The Labute approximate surface area is 136 Å². The topological polar surface area (TPSA) is 83.5 Å². The zero-order valence-corrected chi connectivity index (χ0v) is 15.0. The third-order valence-electron chi connectivity index (χ3n) is 3.81. The third kappa shape index (κ3) is 12.0. The highest BCUT2D eigenvalue weighted by atomic mass is 32.2. The van der Waals surface area contributed by atoms with Gasteiger partial charge in [0.25, 0.3) is 10.1 Å². The van der Waals surface area contributed by atoms with E-state index in [1.165, 1.54) is 0 Å². The van der Waals surface area contributed by atoms with Crippen molar-refractivity contribution in [2.75, 3.05) is 6.54 Å². The molecule has 0 bridgehead atoms. The van der Waals surface area contributed by atoms with Crippen molar-refractivity contribution in [2.45, 2.75) is 89.7 Å². The number of rotatable bonds is 14. The van der Waals surface area contributed by atoms with E-state index in [4.69, 9.17) is 4.55 Å². The molecule has 6 heteroatoms. The number of nitrogens with one attached hydrogen (secondary N) is 1. The molecule has 0 spiro atoms. The molecule has 0 radical (unpaired) electrons. The molecule has 0 rings (SSSR count). The molecule has 0 fully saturated rings. The summed E-state index contributed by atoms with van der Waals surface area (Å²) in [5, 5.41) is 2.29. The second kappa shape index (κ2) is 12.9. The Kier molecular flexibility index (Phi) is 12.5. The molecule has 1 atom stereocenters. The van der Waals surface area contributed by atoms with Crippen molar-refractivity contribution < 1.29 is 17.8 Å². The van der Waals surface area contributed by atoms with Crippen LogP contribution in [0, 0.1) is 0 Å². The van der Waals surface area contributed by atoms with E-state index in [1.54, 1.807) is 0 Å². The first-order chi connectivity index (χ1) is 10.4. The summed E-state index contributed by atoms with van der Waals surface area (Å²) in [6.45, 7) is 4.78. The van der Waals surface area contributed by atoms with E-state index in [9.17, 15) is 13.2 Å². The van der Waals surface area contributed by atoms with Gasteiger partial charge in [-0.3, -0.25) is 9.35 Å². The molecule has 0 saturated carbocycles. The highest BCUT2D eigenvalue weighted by Gasteiger charge is 2.20. The summed E-state index contributed by atoms with van der Waals surface area (Å²) >= 11 is 0. The van der Waals surface area contributed by atoms with Crippen LogP contribution < -0.4 is 5.32 Å². The molecule has 0 aliphatic carbocycles. The summed E-state index contributed by atoms with van der Waals surface area (Å²) in [6.07, 6.45) is 9.15. The summed E-state index contributed by atoms with van der Waals surface area (Å²) in [4.78, 5) is 11.5. The Morgan fingerprint density at radius 2 is 1.59 bits per heavy atom. The van der Waals surface area contributed by atoms with Crippen molar-refractivity contribution in [3.63, 3.8) is 0 Å². The van der Waals surface area contributed by atoms with Crippen LogP contribution in [0.15, 0.2) is 0 Å². The van der Waals surface area contributed by atoms with Gasteiger partial charge in [0, 0.05) is 13.0 Å². The summed E-state index contributed by atoms with van der Waals surface area (Å²) in [7, 11) is -3.90. The van der Waals surface area contributed by atoms with Gasteiger partial charge in [-0.05, 0) is 25.7 Å². The third-order valence-corrected chi connectivity index (χ3v) is 5.13. The zero-order chi connectivity index (χ0) is 16.8. The molecule has 0 aromatic heterocycles. The molecule has 0 aromatic rings. The minimum atomic E-state index is -3.90. The van der Waals surface area contributed by atoms with Gasteiger partial charge in [-0.25, -0.2) is 0 Å². The van der Waals surface area contributed by atoms with E-state index in [0.29, 0.717) is 19.3 Å². The van der Waals surface area contributed by atoms with E-state index in [1.807, 2.05) is 6.92 Å². The second-order valence-electron chi connectivity index (χ2n) is 5.94. The van der Waals surface area contributed by atoms with Gasteiger partial charge < -0.3 is 5.32 Å². The van der Waals surface area contributed by atoms with Crippen LogP contribution in [-0.2, 0) is 14.9 Å². The molecule has 0 aliphatic rings. The molecule has 1 unspecified atom stereocenters. The average molecular weight is 336 g/mol. The molecular formula is C16H33NO4S. The zero-order valence-electron chi connectivity index (χ0n) is 14.1. The smallest absolute Gasteiger partial charge is 0.267 e. The summed E-state index contributed by atoms with van der Waals surface area (Å²) in [5.74, 6) is 0.128. The molecule has 1 amide bonds. The fraction of sp³-hybridized carbons (Fsp3) is 0.938. The molecule has 5 nitrogen and oxygen atoms in total. The quantitative estimate of drug-likeness (QED) is 0.374. The number of unbranched alkanes of at least 4 members (excludes halogenated alkanes) is 5. The van der Waals surface area contributed by atoms with Crippen LogP contribution in [0.3, 0.4) is 0 Å². The minimum Gasteiger partial charge on any atom is -0.356 e. The predicted molar refractivity (Wildman–Crippen MR) is 90.5 cm³/mol. The number of hydrogen-bond donors (Lipinski definition) is 2. The fourth-order valence-corrected chi connectivity index (χ4v) is 3.44. The summed E-state index contributed by atoms with van der Waals surface area (Å²) in [5.41, 5.74) is 0. The van der Waals surface area contributed by atoms with Gasteiger partial charge in [-0.2, -0.15) is 8.42 Å². The Hall–Kier alpha value is -0.620. The van der Waals surface area contributed by atoms with Crippen LogP contribution in [0.1, 0.15) is 84.5 Å². The number of hydrogen-bond acceptors (Lipinski definition) is 3. The predicted octanol–water partition coefficient (Wildman–Crippen LogP) is 3.69. The van der Waals surface area contributed by atoms with Crippen molar-refractivity contribution in [1.29, 1.82) is 0 Å². The van der Waals surface area contributed by atoms with Crippen LogP contribution in [0.2, 0.25) is 0 Å². The SMILES string of the molecule is CCCCNC(=O)CCCCCCCC(CCC)S(=O)(=O)O. The van der Waals surface area contributed by atoms with Gasteiger partial charge in [-0.1, -0.05) is 52.4 Å². The van der Waals surface area contributed by atoms with Gasteiger partial charge in [0.2, 0.25) is 5.91 Å². The lowest BCUT2D eigenvalue weighted by Crippen LogP contribution is -2.23. The Balaban J connectivity index is 3.58. The fourth-order valence-electron chi connectivity index (χ4n) is 2.45. The molecule has 2 N–H and O–H groups in total. The van der Waals surface area contributed by atoms with Crippen molar-refractivity contribution in [1.82, 2.24) is 5.32 Å². The summed E-state index contributed by atoms with van der Waals surface area (Å²) in [6, 6.07) is 0. The number of carbonyl (C=O) groups is 1. The normalized spacial score (nSPS) is 13.0. The molecule has 0 heterocycles. The van der Waals surface area contributed by atoms with Gasteiger partial charge in [0.05, 0.1) is 5.25 Å². The standard InChI is InChI=1S/C16H33NO4S/c1-3-5-14-17-16(18)13-10-8-6-7-9-12-15(11-4-2)22(19,20)21/h15H,3-14H2,1-2H3,(H,17,18)(H,19,20,21). The number of carbonyl (C=O) groups excluding carboxylic acids is 1. The maximum atomic E-state index is 11.5. The van der Waals surface area contributed by atoms with E-state index in [-0.39, 0.29) is 5.91 Å². The molecular weight excluding hydrogens is 302 g/mol. The van der Waals surface area contributed by atoms with E-state index >= 15 is 0 Å². The van der Waals surface area contributed by atoms with Crippen LogP contribution >= 0.6 is 0 Å². The first kappa shape index (κ1) is 21.4. The lowest BCUT2D eigenvalue weighted by atomic mass is 10.1. The number of amides is 1. The van der Waals surface area contributed by atoms with Crippen LogP contribution in [-0.4, -0.2) is 30.7 Å². The van der Waals surface area contributed by atoms with Gasteiger partial charge in [0.15, 0.2) is 0 Å². The monoisotopic (exact) mass is 335 g/mol. The minimum absolute atomic E-state index is 0.128. The highest BCUT2D eigenvalue weighted by Crippen LogP contribution is 2.16. The second-order valence-corrected chi connectivity index (χ2v) is 7.63. The Morgan fingerprint density at radius 1 is 0.955 bits per heavy atom. The van der Waals surface area contributed by atoms with Crippen molar-refractivity contribution >= 4 is 16.0 Å². The maximum absolute atomic E-state index is 11.5. The average Bonchev–Trinajstić information content (AvgIpc) is 2.44. The van der Waals surface area contributed by atoms with E-state index in [0.717, 1.165) is 57.9 Å². The maximum Gasteiger partial charge on any atom is 0.267 e. The molecule has 0 saturated heterocycles. The van der Waals surface area contributed by atoms with Crippen molar-refractivity contribution in [3.8, 4) is 0 Å². The Morgan fingerprint density at radius 3 is 2.18 bits per heavy atom. The summed E-state index contributed by atoms with van der Waals surface area (Å²) < 4.78 is 31.5. The molecule has 0 aromatic carbocycles. The Bertz CT molecular complexity index is 382. The molecule has 132 valence electrons. The molecule has 0 aliphatic heterocycles. The van der Waals surface area contributed by atoms with Crippen molar-refractivity contribution in [3.05, 3.63) is 0 Å². The van der Waals surface area contributed by atoms with Gasteiger partial charge in [0.1, 0.15) is 0 Å². The first-order valence-electron chi connectivity index (χ1n) is 8.64. The highest BCUT2D eigenvalue weighted by molar-refractivity contribution is 7.86. The van der Waals surface area contributed by atoms with E-state index < -0.39 is 15.4 Å². The van der Waals surface area contributed by atoms with Crippen LogP contribution in [0.4, 0.5) is 0 Å². The van der Waals surface area contributed by atoms with E-state index in [2.05, 4.69) is 12.2 Å². The van der Waals surface area contributed by atoms with Gasteiger partial charge >= 0.3 is 0 Å². The van der Waals surface area contributed by atoms with Crippen LogP contribution in [0.25, 0.3) is 0 Å². The lowest BCUT2D eigenvalue weighted by Gasteiger charge is -2.12. The lowest BCUT2D eigenvalue weighted by molar-refractivity contribution is -0.121. The van der Waals surface area contributed by atoms with Crippen molar-refractivity contribution in [2.24, 2.45) is 0 Å². The molecule has 22 heavy (non-hydrogen) atoms. The largest absolute Gasteiger partial charge is 0.356 e.